The number of piperazine rings is 1. The Morgan fingerprint density at radius 2 is 1.68 bits per heavy atom. The van der Waals surface area contributed by atoms with Crippen LogP contribution in [-0.2, 0) is 52.7 Å². The molecule has 4 atom stereocenters. The third-order valence-corrected chi connectivity index (χ3v) is 10.9. The van der Waals surface area contributed by atoms with Gasteiger partial charge in [0.25, 0.3) is 0 Å². The molecule has 330 valence electrons. The molecule has 2 amide bonds. The summed E-state index contributed by atoms with van der Waals surface area (Å²) in [5.41, 5.74) is 1.84. The van der Waals surface area contributed by atoms with Crippen LogP contribution in [0, 0.1) is 11.3 Å². The number of likely N-dealkylation sites (N-methyl/N-ethyl adjacent to an activating group) is 1. The fourth-order valence-corrected chi connectivity index (χ4v) is 7.76. The number of aromatic nitrogens is 2. The van der Waals surface area contributed by atoms with Crippen molar-refractivity contribution in [3.8, 4) is 12.1 Å². The molecule has 2 unspecified atom stereocenters. The average Bonchev–Trinajstić information content (AvgIpc) is 3.60. The van der Waals surface area contributed by atoms with Crippen LogP contribution in [0.3, 0.4) is 0 Å². The zero-order valence-corrected chi connectivity index (χ0v) is 35.8. The zero-order valence-electron chi connectivity index (χ0n) is 35.8. The summed E-state index contributed by atoms with van der Waals surface area (Å²) in [4.78, 5) is 43.8. The van der Waals surface area contributed by atoms with Gasteiger partial charge in [0, 0.05) is 50.9 Å². The van der Waals surface area contributed by atoms with Crippen molar-refractivity contribution in [2.24, 2.45) is 0 Å². The molecular formula is C43H63N7O10. The number of nitriles is 1. The lowest BCUT2D eigenvalue weighted by atomic mass is 10.0. The van der Waals surface area contributed by atoms with Crippen LogP contribution in [0.15, 0.2) is 30.3 Å². The van der Waals surface area contributed by atoms with Crippen molar-refractivity contribution in [3.63, 3.8) is 0 Å². The molecule has 4 aliphatic rings. The van der Waals surface area contributed by atoms with Gasteiger partial charge in [0.15, 0.2) is 6.29 Å². The van der Waals surface area contributed by atoms with Gasteiger partial charge in [-0.2, -0.15) is 15.2 Å². The predicted octanol–water partition coefficient (Wildman–Crippen LogP) is 4.56. The molecule has 0 saturated carbocycles. The standard InChI is InChI=1S/C43H63N7O10/c1-43(2,3)60-41(51)49-16-14-36-37(29-49)45-40(46-39(36)48-17-18-50(33(27-48)13-15-44)42(52)59-30-32-10-6-5-7-11-32)58-31-34-26-35(28-47(34)4)55-24-22-53-20-21-54-23-25-57-38-12-8-9-19-56-38/h5-7,10-11,33-35,38H,8-9,12-14,16-31H2,1-4H3/t33?,34-,35+,38?/m0/s1. The van der Waals surface area contributed by atoms with Crippen molar-refractivity contribution in [3.05, 3.63) is 47.2 Å². The first-order valence-corrected chi connectivity index (χ1v) is 21.4. The summed E-state index contributed by atoms with van der Waals surface area (Å²) < 4.78 is 46.5. The zero-order chi connectivity index (χ0) is 42.3. The number of benzene rings is 1. The highest BCUT2D eigenvalue weighted by molar-refractivity contribution is 5.70. The molecule has 6 rings (SSSR count). The largest absolute Gasteiger partial charge is 0.462 e. The number of nitrogens with zero attached hydrogens (tertiary/aromatic N) is 7. The number of rotatable bonds is 18. The van der Waals surface area contributed by atoms with E-state index in [9.17, 15) is 14.9 Å². The Morgan fingerprint density at radius 1 is 0.917 bits per heavy atom. The number of carbonyl (C=O) groups is 2. The maximum absolute atomic E-state index is 13.3. The quantitative estimate of drug-likeness (QED) is 0.192. The number of ether oxygens (including phenoxy) is 8. The lowest BCUT2D eigenvalue weighted by Gasteiger charge is -2.41. The Kier molecular flexibility index (Phi) is 17.0. The van der Waals surface area contributed by atoms with Gasteiger partial charge in [0.2, 0.25) is 0 Å². The third kappa shape index (κ3) is 13.6. The van der Waals surface area contributed by atoms with E-state index in [0.29, 0.717) is 90.4 Å². The van der Waals surface area contributed by atoms with E-state index in [1.807, 2.05) is 58.2 Å². The average molecular weight is 838 g/mol. The van der Waals surface area contributed by atoms with Crippen LogP contribution in [0.2, 0.25) is 0 Å². The molecule has 0 aliphatic carbocycles. The van der Waals surface area contributed by atoms with E-state index in [1.165, 1.54) is 0 Å². The van der Waals surface area contributed by atoms with Gasteiger partial charge in [-0.05, 0) is 65.5 Å². The molecule has 2 aromatic rings. The predicted molar refractivity (Wildman–Crippen MR) is 219 cm³/mol. The van der Waals surface area contributed by atoms with Crippen molar-refractivity contribution in [1.82, 2.24) is 24.7 Å². The van der Waals surface area contributed by atoms with E-state index in [2.05, 4.69) is 15.9 Å². The van der Waals surface area contributed by atoms with E-state index in [0.717, 1.165) is 50.0 Å². The second kappa shape index (κ2) is 22.5. The van der Waals surface area contributed by atoms with Crippen molar-refractivity contribution < 1.29 is 47.5 Å². The van der Waals surface area contributed by atoms with Gasteiger partial charge in [-0.3, -0.25) is 4.90 Å². The number of amides is 2. The molecule has 5 heterocycles. The number of likely N-dealkylation sites (tertiary alicyclic amines) is 1. The van der Waals surface area contributed by atoms with Crippen molar-refractivity contribution >= 4 is 18.0 Å². The van der Waals surface area contributed by atoms with Crippen LogP contribution in [0.25, 0.3) is 0 Å². The number of hydrogen-bond donors (Lipinski definition) is 0. The molecule has 0 bridgehead atoms. The summed E-state index contributed by atoms with van der Waals surface area (Å²) in [6.45, 7) is 12.3. The number of fused-ring (bicyclic) bond motifs is 1. The highest BCUT2D eigenvalue weighted by Crippen LogP contribution is 2.32. The van der Waals surface area contributed by atoms with Crippen molar-refractivity contribution in [2.45, 2.75) is 103 Å². The van der Waals surface area contributed by atoms with Crippen LogP contribution in [0.4, 0.5) is 15.4 Å². The summed E-state index contributed by atoms with van der Waals surface area (Å²) in [6.07, 6.45) is 3.66. The minimum atomic E-state index is -0.642. The Bertz CT molecular complexity index is 1700. The van der Waals surface area contributed by atoms with Crippen LogP contribution in [-0.4, -0.2) is 160 Å². The van der Waals surface area contributed by atoms with E-state index >= 15 is 0 Å². The van der Waals surface area contributed by atoms with Gasteiger partial charge >= 0.3 is 18.2 Å². The molecule has 4 aliphatic heterocycles. The lowest BCUT2D eigenvalue weighted by molar-refractivity contribution is -0.169. The minimum Gasteiger partial charge on any atom is -0.462 e. The van der Waals surface area contributed by atoms with Gasteiger partial charge in [-0.25, -0.2) is 9.59 Å². The first-order chi connectivity index (χ1) is 29.1. The van der Waals surface area contributed by atoms with Gasteiger partial charge in [-0.15, -0.1) is 0 Å². The van der Waals surface area contributed by atoms with Crippen molar-refractivity contribution in [2.75, 3.05) is 97.5 Å². The third-order valence-electron chi connectivity index (χ3n) is 10.9. The summed E-state index contributed by atoms with van der Waals surface area (Å²) >= 11 is 0. The lowest BCUT2D eigenvalue weighted by Crippen LogP contribution is -2.56. The first-order valence-electron chi connectivity index (χ1n) is 21.4. The molecule has 17 nitrogen and oxygen atoms in total. The van der Waals surface area contributed by atoms with Crippen LogP contribution < -0.4 is 9.64 Å². The molecule has 3 saturated heterocycles. The molecule has 0 radical (unpaired) electrons. The van der Waals surface area contributed by atoms with E-state index < -0.39 is 23.8 Å². The number of anilines is 1. The van der Waals surface area contributed by atoms with Gasteiger partial charge in [-0.1, -0.05) is 30.3 Å². The van der Waals surface area contributed by atoms with Gasteiger partial charge < -0.3 is 52.6 Å². The van der Waals surface area contributed by atoms with Crippen molar-refractivity contribution in [1.29, 1.82) is 5.26 Å². The molecule has 0 N–H and O–H groups in total. The topological polar surface area (TPSA) is 171 Å². The smallest absolute Gasteiger partial charge is 0.410 e. The maximum atomic E-state index is 13.3. The highest BCUT2D eigenvalue weighted by atomic mass is 16.7. The number of hydrogen-bond acceptors (Lipinski definition) is 15. The Balaban J connectivity index is 1.02. The van der Waals surface area contributed by atoms with E-state index in [-0.39, 0.29) is 44.0 Å². The monoisotopic (exact) mass is 837 g/mol. The number of carbonyl (C=O) groups excluding carboxylic acids is 2. The summed E-state index contributed by atoms with van der Waals surface area (Å²) in [7, 11) is 2.05. The van der Waals surface area contributed by atoms with Gasteiger partial charge in [0.05, 0.1) is 76.5 Å². The molecule has 1 aromatic carbocycles. The normalized spacial score (nSPS) is 22.3. The van der Waals surface area contributed by atoms with Crippen LogP contribution >= 0.6 is 0 Å². The molecule has 17 heteroatoms. The second-order valence-corrected chi connectivity index (χ2v) is 16.6. The summed E-state index contributed by atoms with van der Waals surface area (Å²) in [5, 5.41) is 9.77. The summed E-state index contributed by atoms with van der Waals surface area (Å²) in [6, 6.07) is 11.6. The highest BCUT2D eigenvalue weighted by Gasteiger charge is 2.36. The molecule has 3 fully saturated rings. The van der Waals surface area contributed by atoms with Crippen LogP contribution in [0.5, 0.6) is 6.01 Å². The minimum absolute atomic E-state index is 0.0257. The molecule has 60 heavy (non-hydrogen) atoms. The molecular weight excluding hydrogens is 775 g/mol. The second-order valence-electron chi connectivity index (χ2n) is 16.6. The van der Waals surface area contributed by atoms with Crippen LogP contribution in [0.1, 0.15) is 69.7 Å². The van der Waals surface area contributed by atoms with E-state index in [4.69, 9.17) is 47.9 Å². The van der Waals surface area contributed by atoms with Gasteiger partial charge in [0.1, 0.15) is 24.6 Å². The Labute approximate surface area is 354 Å². The SMILES string of the molecule is CN1C[C@H](OCCOCCOCCOC2CCCCO2)C[C@H]1COc1nc2c(c(N3CCN(C(=O)OCc4ccccc4)C(CC#N)C3)n1)CCN(C(=O)OC(C)(C)C)C2. The molecule has 0 spiro atoms. The Morgan fingerprint density at radius 3 is 2.42 bits per heavy atom. The Hall–Kier alpha value is -4.31. The fourth-order valence-electron chi connectivity index (χ4n) is 7.76. The summed E-state index contributed by atoms with van der Waals surface area (Å²) in [5.74, 6) is 0.688. The van der Waals surface area contributed by atoms with E-state index in [1.54, 1.807) is 9.80 Å². The first kappa shape index (κ1) is 45.2. The fraction of sp³-hybridized carbons (Fsp3) is 0.698. The maximum Gasteiger partial charge on any atom is 0.410 e. The molecule has 1 aromatic heterocycles.